The van der Waals surface area contributed by atoms with Crippen LogP contribution in [0, 0.1) is 4.77 Å². The topological polar surface area (TPSA) is 490 Å². The molecule has 122 heavy (non-hydrogen) atoms. The first-order valence-electron chi connectivity index (χ1n) is 40.2. The van der Waals surface area contributed by atoms with Crippen molar-refractivity contribution in [3.05, 3.63) is 165 Å². The number of nitrogens with zero attached hydrogens (tertiary/aromatic N) is 5. The lowest BCUT2D eigenvalue weighted by atomic mass is 10.1. The number of carbonyl (C=O) groups is 3. The highest BCUT2D eigenvalue weighted by atomic mass is 32.1. The standard InChI is InChI=1S/C17H30N3O4PS.C17H25N2O6P.C17H27N2O5P.C16H25N2O4P.C15H25N2O4P/c1-5-7-18-9-11-10-20(17(26)19-15(11)23)16-14(22)13(21)12(24-16)6-8-25(2,3)4;1-10(20)5-6-11-9-19(17(24)18-15(11)23)16-14(22)13(21)12(25-16)7-8-26(2,3)4;1-5-6-7-11-10-19(17(23)18-15(11)22)16-14(21)13(20)12(24-16)8-9-25(2,3)4;1-6-11-9-18(10(2)17-15(11)21)16-14(20)13(19)12(22-16)7-8-23(3,4)5;1-9-8-17(10(2)16-14(9)20)15-13(19)12(18)11(21-15)6-7-22(3,4)5/h10,12-14,16,18,21-22H,2,5-9H2,1,3-4H3,(H,19,23,26);5-6,9,12-14,16,21-22H,2,7-8H2,1,3-4H3,(H,18,23,24);6-7,10,12-14,16,20-21H,2,5,8-9H2,1,3-4H3,(H,18,22,23);6,9,12-14,16,19-20H,1-3,7-8H2,4-5H3,(H,17,21);8,11-13,15,18-19H,2-3,6-7H2,1,4-5H3,(H,16,20)/b;6-5+;7-6+;;/t4*12-,13-,14-,16-;11-,12-,13-,15-/m11111/s1. The summed E-state index contributed by atoms with van der Waals surface area (Å²) in [7, 11) is 0. The molecule has 0 bridgehead atoms. The maximum Gasteiger partial charge on any atom is 0.330 e. The number of aromatic nitrogens is 6. The molecule has 0 unspecified atom stereocenters. The Labute approximate surface area is 718 Å². The van der Waals surface area contributed by atoms with Crippen molar-refractivity contribution < 1.29 is 89.1 Å². The molecule has 3 aromatic rings. The van der Waals surface area contributed by atoms with Crippen molar-refractivity contribution in [3.8, 4) is 0 Å². The first-order chi connectivity index (χ1) is 56.5. The average molecular weight is 1830 g/mol. The highest BCUT2D eigenvalue weighted by Gasteiger charge is 2.50. The molecule has 0 radical (unpaired) electrons. The fourth-order valence-electron chi connectivity index (χ4n) is 13.5. The predicted molar refractivity (Wildman–Crippen MR) is 496 cm³/mol. The third-order valence-electron chi connectivity index (χ3n) is 20.5. The summed E-state index contributed by atoms with van der Waals surface area (Å²) in [6.07, 6.45) is 25.9. The number of H-pyrrole nitrogens is 3. The van der Waals surface area contributed by atoms with Gasteiger partial charge in [-0.05, 0) is 187 Å². The van der Waals surface area contributed by atoms with Crippen LogP contribution in [0.5, 0.6) is 0 Å². The van der Waals surface area contributed by atoms with Crippen LogP contribution in [-0.4, -0.2) is 347 Å². The summed E-state index contributed by atoms with van der Waals surface area (Å²) in [6, 6.07) is 0. The molecule has 3 aromatic heterocycles. The van der Waals surface area contributed by atoms with Crippen molar-refractivity contribution in [3.63, 3.8) is 0 Å². The minimum atomic E-state index is -1.33. The van der Waals surface area contributed by atoms with Gasteiger partial charge in [-0.25, -0.2) is 9.59 Å². The van der Waals surface area contributed by atoms with E-state index in [0.29, 0.717) is 72.6 Å². The smallest absolute Gasteiger partial charge is 0.330 e. The molecule has 34 nitrogen and oxygen atoms in total. The molecule has 16 N–H and O–H groups in total. The van der Waals surface area contributed by atoms with Gasteiger partial charge in [-0.1, -0.05) is 51.8 Å². The van der Waals surface area contributed by atoms with Gasteiger partial charge in [-0.3, -0.25) is 57.4 Å². The Hall–Kier alpha value is -6.29. The molecular formula is C82H132N11O23P5S. The quantitative estimate of drug-likeness (QED) is 0.0205. The summed E-state index contributed by atoms with van der Waals surface area (Å²) in [4.78, 5) is 104. The minimum Gasteiger partial charge on any atom is -0.388 e. The molecular weight excluding hydrogens is 1690 g/mol. The van der Waals surface area contributed by atoms with Crippen LogP contribution in [0.3, 0.4) is 0 Å². The number of amides is 2. The average Bonchev–Trinajstić information content (AvgIpc) is 1.66. The Balaban J connectivity index is 0.000000236. The van der Waals surface area contributed by atoms with Gasteiger partial charge < -0.3 is 100 Å². The Morgan fingerprint density at radius 3 is 1.16 bits per heavy atom. The number of hydrogen-bond donors (Lipinski definition) is 16. The van der Waals surface area contributed by atoms with Crippen LogP contribution in [0.2, 0.25) is 0 Å². The molecule has 0 saturated carbocycles. The molecule has 10 rings (SSSR count). The van der Waals surface area contributed by atoms with Gasteiger partial charge in [0.2, 0.25) is 0 Å². The van der Waals surface area contributed by atoms with Crippen LogP contribution >= 0.6 is 46.6 Å². The Bertz CT molecular complexity index is 4980. The zero-order valence-corrected chi connectivity index (χ0v) is 77.8. The molecule has 7 aliphatic rings. The number of allylic oxidation sites excluding steroid dienone is 2. The number of hydrogen-bond acceptors (Lipinski definition) is 27. The number of ketones is 1. The second-order valence-electron chi connectivity index (χ2n) is 34.9. The first kappa shape index (κ1) is 104. The van der Waals surface area contributed by atoms with Crippen molar-refractivity contribution in [2.45, 2.75) is 202 Å². The maximum absolute atomic E-state index is 12.1. The molecule has 40 heteroatoms. The third kappa shape index (κ3) is 29.9. The molecule has 5 saturated heterocycles. The van der Waals surface area contributed by atoms with Crippen molar-refractivity contribution in [2.75, 3.05) is 104 Å². The third-order valence-corrected chi connectivity index (χ3v) is 28.2. The predicted octanol–water partition coefficient (Wildman–Crippen LogP) is 2.50. The zero-order valence-electron chi connectivity index (χ0n) is 72.5. The lowest BCUT2D eigenvalue weighted by molar-refractivity contribution is -0.120. The van der Waals surface area contributed by atoms with Gasteiger partial charge in [-0.2, -0.15) is 0 Å². The van der Waals surface area contributed by atoms with Gasteiger partial charge in [0.25, 0.3) is 28.5 Å². The largest absolute Gasteiger partial charge is 0.388 e. The van der Waals surface area contributed by atoms with Crippen molar-refractivity contribution in [2.24, 2.45) is 0 Å². The molecule has 2 amide bonds. The van der Waals surface area contributed by atoms with E-state index in [-0.39, 0.29) is 33.5 Å². The van der Waals surface area contributed by atoms with Gasteiger partial charge in [-0.15, -0.1) is 65.9 Å². The van der Waals surface area contributed by atoms with E-state index in [1.54, 1.807) is 36.4 Å². The lowest BCUT2D eigenvalue weighted by Crippen LogP contribution is -2.47. The molecule has 0 spiro atoms. The van der Waals surface area contributed by atoms with E-state index < -0.39 is 180 Å². The number of nitrogens with one attached hydrogen (secondary N) is 6. The summed E-state index contributed by atoms with van der Waals surface area (Å²) in [5.74, 6) is -0.169. The number of aromatic amines is 3. The van der Waals surface area contributed by atoms with Crippen LogP contribution in [0.1, 0.15) is 108 Å². The fraction of sp³-hybridized carbons (Fsp3) is 0.585. The van der Waals surface area contributed by atoms with E-state index in [1.807, 2.05) is 13.8 Å². The van der Waals surface area contributed by atoms with Crippen molar-refractivity contribution in [1.29, 1.82) is 0 Å². The van der Waals surface area contributed by atoms with Crippen molar-refractivity contribution >= 4 is 108 Å². The molecule has 5 fully saturated rings. The van der Waals surface area contributed by atoms with Crippen LogP contribution in [0.25, 0.3) is 12.2 Å². The van der Waals surface area contributed by atoms with Gasteiger partial charge >= 0.3 is 11.4 Å². The van der Waals surface area contributed by atoms with Gasteiger partial charge in [0.05, 0.1) is 47.2 Å². The van der Waals surface area contributed by atoms with Crippen LogP contribution in [0.15, 0.2) is 116 Å². The molecule has 20 atom stereocenters. The number of aliphatic hydroxyl groups excluding tert-OH is 10. The summed E-state index contributed by atoms with van der Waals surface area (Å²) in [5.41, 5.74) is -1.16. The highest BCUT2D eigenvalue weighted by molar-refractivity contribution is 7.73. The fourth-order valence-corrected chi connectivity index (χ4v) is 18.5. The number of aliphatic hydroxyl groups is 10. The van der Waals surface area contributed by atoms with Gasteiger partial charge in [0, 0.05) is 48.7 Å². The number of ether oxygens (including phenoxy) is 5. The van der Waals surface area contributed by atoms with Crippen LogP contribution < -0.4 is 44.0 Å². The number of rotatable bonds is 29. The summed E-state index contributed by atoms with van der Waals surface area (Å²) < 4.78 is 32.9. The van der Waals surface area contributed by atoms with E-state index in [9.17, 15) is 89.4 Å². The molecule has 7 aliphatic heterocycles. The molecule has 10 heterocycles. The van der Waals surface area contributed by atoms with Crippen LogP contribution in [-0.2, 0) is 44.6 Å². The highest BCUT2D eigenvalue weighted by Crippen LogP contribution is 2.44. The van der Waals surface area contributed by atoms with E-state index in [0.717, 1.165) is 59.3 Å². The monoisotopic (exact) mass is 1830 g/mol. The Morgan fingerprint density at radius 1 is 0.484 bits per heavy atom. The normalized spacial score (nSPS) is 28.8. The van der Waals surface area contributed by atoms with E-state index in [4.69, 9.17) is 35.9 Å². The minimum absolute atomic E-state index is 0.0679. The summed E-state index contributed by atoms with van der Waals surface area (Å²) in [6.45, 7) is 34.0. The van der Waals surface area contributed by atoms with E-state index in [1.165, 1.54) is 53.2 Å². The first-order valence-corrected chi connectivity index (χ1v) is 55.8. The van der Waals surface area contributed by atoms with E-state index >= 15 is 0 Å². The summed E-state index contributed by atoms with van der Waals surface area (Å²) >= 11 is 5.24. The maximum atomic E-state index is 12.1. The molecule has 0 aliphatic carbocycles. The Kier molecular flexibility index (Phi) is 38.5. The van der Waals surface area contributed by atoms with Gasteiger partial charge in [0.1, 0.15) is 72.7 Å². The van der Waals surface area contributed by atoms with Crippen molar-refractivity contribution in [1.82, 2.24) is 54.4 Å². The van der Waals surface area contributed by atoms with Gasteiger partial charge in [0.15, 0.2) is 41.7 Å². The SMILES string of the molecule is C=C1NC(=O)C(C)=CN1[C@@H]1O[C@H](CCP(=C)(C)C)[C@@H](O)[C@H]1O.C=CC1=CN([C@@H]2O[C@H](CCP(=C)(C)C)[C@@H](O)[C@H]2O)C(=C)NC1=O.C=P(C)(C)CC[C@H]1O[C@@H](n2cc(/C=C/C(C)=O)c(=O)[nH]c2=O)[C@H](O)[C@@H]1O.C=P(C)(C)CC[C@H]1O[C@@H](n2cc(/C=C/CC)c(=O)[nH]c2=O)[C@H](O)[C@@H]1O.C=P(C)(C)CC[C@H]1O[C@@H](n2cc(CNCCC)c(=O)[nH]c2=S)[C@H](O)[C@@H]1O. The molecule has 0 aromatic carbocycles. The molecule has 684 valence electrons. The van der Waals surface area contributed by atoms with Crippen LogP contribution in [0.4, 0.5) is 0 Å². The second kappa shape index (κ2) is 44.9. The Morgan fingerprint density at radius 2 is 0.820 bits per heavy atom. The summed E-state index contributed by atoms with van der Waals surface area (Å²) in [5, 5.41) is 111. The number of carbonyl (C=O) groups excluding carboxylic acids is 3. The van der Waals surface area contributed by atoms with E-state index in [2.05, 4.69) is 149 Å². The second-order valence-corrected chi connectivity index (χ2v) is 56.9. The lowest BCUT2D eigenvalue weighted by Gasteiger charge is -2.34. The zero-order chi connectivity index (χ0) is 91.9.